The Morgan fingerprint density at radius 3 is 1.44 bits per heavy atom. The predicted octanol–water partition coefficient (Wildman–Crippen LogP) is 14.3. The van der Waals surface area contributed by atoms with E-state index in [-0.39, 0.29) is 32.6 Å². The third-order valence-electron chi connectivity index (χ3n) is 10.2. The largest absolute Gasteiger partial charge is 0.472 e. The number of esters is 2. The number of carbonyl (C=O) groups is 2. The summed E-state index contributed by atoms with van der Waals surface area (Å²) in [5.41, 5.74) is 5.35. The molecule has 344 valence electrons. The van der Waals surface area contributed by atoms with Gasteiger partial charge in [0.15, 0.2) is 6.10 Å². The average Bonchev–Trinajstić information content (AvgIpc) is 3.22. The zero-order valence-corrected chi connectivity index (χ0v) is 38.9. The molecule has 0 heterocycles. The Hall–Kier alpha value is -2.03. The Bertz CT molecular complexity index is 1110. The molecule has 0 aromatic carbocycles. The predicted molar refractivity (Wildman–Crippen MR) is 247 cm³/mol. The summed E-state index contributed by atoms with van der Waals surface area (Å²) < 4.78 is 32.8. The van der Waals surface area contributed by atoms with Gasteiger partial charge in [-0.15, -0.1) is 0 Å². The Labute approximate surface area is 362 Å². The number of ether oxygens (including phenoxy) is 2. The highest BCUT2D eigenvalue weighted by molar-refractivity contribution is 7.47. The lowest BCUT2D eigenvalue weighted by atomic mass is 10.0. The van der Waals surface area contributed by atoms with Gasteiger partial charge in [0.1, 0.15) is 6.61 Å². The fourth-order valence-corrected chi connectivity index (χ4v) is 7.33. The topological polar surface area (TPSA) is 134 Å². The number of hydrogen-bond donors (Lipinski definition) is 2. The molecule has 0 aromatic heterocycles. The molecule has 0 aliphatic rings. The number of unbranched alkanes of at least 4 members (excludes halogenated alkanes) is 24. The Morgan fingerprint density at radius 2 is 0.915 bits per heavy atom. The van der Waals surface area contributed by atoms with E-state index >= 15 is 0 Å². The van der Waals surface area contributed by atoms with Gasteiger partial charge in [-0.25, -0.2) is 4.57 Å². The SMILES string of the molecule is CCCCC/C=C/C/C=C/CCCCCCCC(=O)O[C@@H](COC(=O)CCC/C=C/CC/C=C/CCCCCCCCCCCCCCCC)COP(=O)(O)OCCN. The molecule has 3 N–H and O–H groups in total. The van der Waals surface area contributed by atoms with E-state index in [0.29, 0.717) is 12.8 Å². The van der Waals surface area contributed by atoms with Crippen LogP contribution in [0.2, 0.25) is 0 Å². The molecule has 0 aliphatic heterocycles. The van der Waals surface area contributed by atoms with Crippen LogP contribution in [0.3, 0.4) is 0 Å². The van der Waals surface area contributed by atoms with Crippen LogP contribution in [0.15, 0.2) is 48.6 Å². The number of hydrogen-bond acceptors (Lipinski definition) is 8. The molecule has 0 radical (unpaired) electrons. The Balaban J connectivity index is 4.12. The van der Waals surface area contributed by atoms with E-state index in [1.807, 2.05) is 0 Å². The van der Waals surface area contributed by atoms with Gasteiger partial charge in [-0.3, -0.25) is 18.6 Å². The van der Waals surface area contributed by atoms with Gasteiger partial charge in [-0.2, -0.15) is 0 Å². The minimum absolute atomic E-state index is 0.0450. The molecule has 0 aromatic rings. The van der Waals surface area contributed by atoms with Crippen LogP contribution in [0, 0.1) is 0 Å². The highest BCUT2D eigenvalue weighted by Gasteiger charge is 2.26. The first kappa shape index (κ1) is 57.0. The van der Waals surface area contributed by atoms with Gasteiger partial charge in [0.25, 0.3) is 0 Å². The molecular weight excluding hydrogens is 762 g/mol. The van der Waals surface area contributed by atoms with Crippen LogP contribution in [0.25, 0.3) is 0 Å². The second-order valence-electron chi connectivity index (χ2n) is 16.0. The lowest BCUT2D eigenvalue weighted by Crippen LogP contribution is -2.29. The molecule has 0 bridgehead atoms. The lowest BCUT2D eigenvalue weighted by molar-refractivity contribution is -0.161. The third kappa shape index (κ3) is 45.3. The third-order valence-corrected chi connectivity index (χ3v) is 11.1. The number of carbonyl (C=O) groups excluding carboxylic acids is 2. The first-order valence-electron chi connectivity index (χ1n) is 24.1. The molecule has 1 unspecified atom stereocenters. The maximum atomic E-state index is 12.6. The number of phosphoric ester groups is 1. The molecule has 0 spiro atoms. The number of allylic oxidation sites excluding steroid dienone is 8. The highest BCUT2D eigenvalue weighted by Crippen LogP contribution is 2.43. The molecule has 0 saturated heterocycles. The van der Waals surface area contributed by atoms with Crippen LogP contribution < -0.4 is 5.73 Å². The van der Waals surface area contributed by atoms with Crippen molar-refractivity contribution in [3.8, 4) is 0 Å². The van der Waals surface area contributed by atoms with E-state index in [2.05, 4.69) is 62.5 Å². The maximum Gasteiger partial charge on any atom is 0.472 e. The van der Waals surface area contributed by atoms with E-state index in [0.717, 1.165) is 64.2 Å². The van der Waals surface area contributed by atoms with Gasteiger partial charge in [0.05, 0.1) is 13.2 Å². The minimum Gasteiger partial charge on any atom is -0.462 e. The number of rotatable bonds is 45. The molecule has 0 saturated carbocycles. The van der Waals surface area contributed by atoms with Crippen molar-refractivity contribution in [2.24, 2.45) is 5.73 Å². The number of phosphoric acid groups is 1. The Morgan fingerprint density at radius 1 is 0.508 bits per heavy atom. The fourth-order valence-electron chi connectivity index (χ4n) is 6.57. The summed E-state index contributed by atoms with van der Waals surface area (Å²) in [5.74, 6) is -0.892. The summed E-state index contributed by atoms with van der Waals surface area (Å²) in [6, 6.07) is 0. The smallest absolute Gasteiger partial charge is 0.462 e. The van der Waals surface area contributed by atoms with Gasteiger partial charge in [-0.05, 0) is 77.0 Å². The molecule has 9 nitrogen and oxygen atoms in total. The molecule has 10 heteroatoms. The fraction of sp³-hybridized carbons (Fsp3) is 0.796. The van der Waals surface area contributed by atoms with Crippen molar-refractivity contribution in [3.05, 3.63) is 48.6 Å². The molecular formula is C49H90NO8P. The maximum absolute atomic E-state index is 12.6. The molecule has 0 aliphatic carbocycles. The van der Waals surface area contributed by atoms with Crippen LogP contribution in [0.5, 0.6) is 0 Å². The van der Waals surface area contributed by atoms with Crippen molar-refractivity contribution in [3.63, 3.8) is 0 Å². The van der Waals surface area contributed by atoms with Crippen molar-refractivity contribution in [2.45, 2.75) is 225 Å². The molecule has 0 rings (SSSR count). The van der Waals surface area contributed by atoms with Crippen molar-refractivity contribution >= 4 is 19.8 Å². The van der Waals surface area contributed by atoms with Gasteiger partial charge < -0.3 is 20.1 Å². The average molecular weight is 852 g/mol. The van der Waals surface area contributed by atoms with Crippen molar-refractivity contribution in [1.29, 1.82) is 0 Å². The van der Waals surface area contributed by atoms with Gasteiger partial charge >= 0.3 is 19.8 Å². The normalized spacial score (nSPS) is 13.6. The van der Waals surface area contributed by atoms with Crippen LogP contribution in [0.4, 0.5) is 0 Å². The zero-order chi connectivity index (χ0) is 43.2. The summed E-state index contributed by atoms with van der Waals surface area (Å²) in [5, 5.41) is 0. The standard InChI is InChI=1S/C49H90NO8P/c1-3-5-7-9-11-13-15-17-19-20-21-22-23-24-25-26-28-29-31-33-35-37-39-41-48(51)55-45-47(46-57-59(53,54)56-44-43-50)58-49(52)42-40-38-36-34-32-30-27-18-16-14-12-10-8-6-4-2/h12,14,18,26-28,33,35,47H,3-11,13,15-17,19-25,29-32,34,36-46,50H2,1-2H3,(H,53,54)/b14-12+,27-18+,28-26+,35-33+/t47-/m0/s1. The van der Waals surface area contributed by atoms with Gasteiger partial charge in [-0.1, -0.05) is 178 Å². The van der Waals surface area contributed by atoms with E-state index < -0.39 is 32.5 Å². The van der Waals surface area contributed by atoms with E-state index in [1.165, 1.54) is 116 Å². The van der Waals surface area contributed by atoms with Gasteiger partial charge in [0, 0.05) is 19.4 Å². The molecule has 0 amide bonds. The van der Waals surface area contributed by atoms with Crippen LogP contribution in [0.1, 0.15) is 219 Å². The van der Waals surface area contributed by atoms with Crippen molar-refractivity contribution in [1.82, 2.24) is 0 Å². The summed E-state index contributed by atoms with van der Waals surface area (Å²) in [4.78, 5) is 34.9. The second-order valence-corrected chi connectivity index (χ2v) is 17.4. The quantitative estimate of drug-likeness (QED) is 0.0266. The highest BCUT2D eigenvalue weighted by atomic mass is 31.2. The van der Waals surface area contributed by atoms with Crippen molar-refractivity contribution < 1.29 is 37.6 Å². The molecule has 0 fully saturated rings. The van der Waals surface area contributed by atoms with Crippen LogP contribution in [-0.2, 0) is 32.7 Å². The molecule has 2 atom stereocenters. The minimum atomic E-state index is -4.39. The first-order valence-corrected chi connectivity index (χ1v) is 25.6. The van der Waals surface area contributed by atoms with Crippen LogP contribution >= 0.6 is 7.82 Å². The lowest BCUT2D eigenvalue weighted by Gasteiger charge is -2.19. The van der Waals surface area contributed by atoms with E-state index in [1.54, 1.807) is 0 Å². The van der Waals surface area contributed by atoms with Crippen LogP contribution in [-0.4, -0.2) is 49.3 Å². The van der Waals surface area contributed by atoms with E-state index in [9.17, 15) is 19.0 Å². The molecule has 59 heavy (non-hydrogen) atoms. The van der Waals surface area contributed by atoms with E-state index in [4.69, 9.17) is 24.3 Å². The number of nitrogens with two attached hydrogens (primary N) is 1. The van der Waals surface area contributed by atoms with Gasteiger partial charge in [0.2, 0.25) is 0 Å². The monoisotopic (exact) mass is 852 g/mol. The summed E-state index contributed by atoms with van der Waals surface area (Å²) in [6.07, 6.45) is 53.0. The summed E-state index contributed by atoms with van der Waals surface area (Å²) in [6.45, 7) is 3.66. The zero-order valence-electron chi connectivity index (χ0n) is 38.0. The second kappa shape index (κ2) is 45.5. The first-order chi connectivity index (χ1) is 28.8. The van der Waals surface area contributed by atoms with Crippen molar-refractivity contribution in [2.75, 3.05) is 26.4 Å². The summed E-state index contributed by atoms with van der Waals surface area (Å²) >= 11 is 0. The Kier molecular flexibility index (Phi) is 43.9. The summed E-state index contributed by atoms with van der Waals surface area (Å²) in [7, 11) is -4.39.